The molecule has 2 aromatic carbocycles. The van der Waals surface area contributed by atoms with Crippen molar-refractivity contribution in [3.63, 3.8) is 0 Å². The molecule has 0 aliphatic carbocycles. The van der Waals surface area contributed by atoms with Crippen LogP contribution >= 0.6 is 0 Å². The molecule has 1 aliphatic rings. The molecular formula is C19H22N2O3S. The second-order valence-corrected chi connectivity index (χ2v) is 8.56. The smallest absolute Gasteiger partial charge is 0.258 e. The normalized spacial score (nSPS) is 16.6. The fraction of sp³-hybridized carbons (Fsp3) is 0.316. The molecule has 0 N–H and O–H groups in total. The van der Waals surface area contributed by atoms with E-state index in [1.54, 1.807) is 31.2 Å². The van der Waals surface area contributed by atoms with Crippen molar-refractivity contribution in [2.45, 2.75) is 26.3 Å². The zero-order valence-corrected chi connectivity index (χ0v) is 15.5. The minimum Gasteiger partial charge on any atom is -0.305 e. The van der Waals surface area contributed by atoms with Gasteiger partial charge in [0.2, 0.25) is 10.0 Å². The summed E-state index contributed by atoms with van der Waals surface area (Å²) in [5, 5.41) is 0. The summed E-state index contributed by atoms with van der Waals surface area (Å²) >= 11 is 0. The number of anilines is 2. The summed E-state index contributed by atoms with van der Waals surface area (Å²) in [7, 11) is -1.79. The van der Waals surface area contributed by atoms with Crippen LogP contribution in [0, 0.1) is 0 Å². The number of hydrogen-bond acceptors (Lipinski definition) is 3. The summed E-state index contributed by atoms with van der Waals surface area (Å²) in [4.78, 5) is 14.8. The molecule has 0 radical (unpaired) electrons. The van der Waals surface area contributed by atoms with Gasteiger partial charge in [-0.25, -0.2) is 8.42 Å². The zero-order valence-electron chi connectivity index (χ0n) is 14.6. The standard InChI is InChI=1S/C19H22N2O3S/c1-4-25(23,24)20(3)17-11-9-15(10-12-17)19(22)21-14(2)13-16-7-5-6-8-18(16)21/h5-12,14H,4,13H2,1-3H3/t14-/m0/s1. The van der Waals surface area contributed by atoms with Gasteiger partial charge in [0, 0.05) is 24.3 Å². The Morgan fingerprint density at radius 2 is 1.80 bits per heavy atom. The van der Waals surface area contributed by atoms with E-state index in [9.17, 15) is 13.2 Å². The molecule has 0 saturated heterocycles. The van der Waals surface area contributed by atoms with Crippen LogP contribution in [-0.2, 0) is 16.4 Å². The highest BCUT2D eigenvalue weighted by molar-refractivity contribution is 7.92. The fourth-order valence-corrected chi connectivity index (χ4v) is 4.01. The van der Waals surface area contributed by atoms with Gasteiger partial charge in [0.15, 0.2) is 0 Å². The first-order valence-corrected chi connectivity index (χ1v) is 9.94. The van der Waals surface area contributed by atoms with Crippen molar-refractivity contribution in [3.8, 4) is 0 Å². The summed E-state index contributed by atoms with van der Waals surface area (Å²) in [6.07, 6.45) is 0.845. The Bertz CT molecular complexity index is 891. The van der Waals surface area contributed by atoms with Gasteiger partial charge in [0.1, 0.15) is 0 Å². The number of carbonyl (C=O) groups excluding carboxylic acids is 1. The lowest BCUT2D eigenvalue weighted by molar-refractivity contribution is 0.0981. The van der Waals surface area contributed by atoms with Crippen LogP contribution in [-0.4, -0.2) is 33.2 Å². The Balaban J connectivity index is 1.87. The lowest BCUT2D eigenvalue weighted by atomic mass is 10.1. The molecule has 0 unspecified atom stereocenters. The van der Waals surface area contributed by atoms with E-state index in [4.69, 9.17) is 0 Å². The number of hydrogen-bond donors (Lipinski definition) is 0. The second-order valence-electron chi connectivity index (χ2n) is 6.27. The van der Waals surface area contributed by atoms with Gasteiger partial charge in [-0.05, 0) is 56.2 Å². The molecule has 132 valence electrons. The maximum absolute atomic E-state index is 12.9. The summed E-state index contributed by atoms with van der Waals surface area (Å²) in [5.41, 5.74) is 3.23. The van der Waals surface area contributed by atoms with Crippen molar-refractivity contribution >= 4 is 27.3 Å². The van der Waals surface area contributed by atoms with E-state index in [1.165, 1.54) is 16.9 Å². The van der Waals surface area contributed by atoms with Crippen LogP contribution in [0.2, 0.25) is 0 Å². The van der Waals surface area contributed by atoms with E-state index in [2.05, 4.69) is 0 Å². The Morgan fingerprint density at radius 3 is 2.44 bits per heavy atom. The molecule has 6 heteroatoms. The van der Waals surface area contributed by atoms with Gasteiger partial charge in [0.25, 0.3) is 5.91 Å². The molecule has 5 nitrogen and oxygen atoms in total. The van der Waals surface area contributed by atoms with Gasteiger partial charge in [-0.3, -0.25) is 9.10 Å². The van der Waals surface area contributed by atoms with Crippen LogP contribution in [0.1, 0.15) is 29.8 Å². The van der Waals surface area contributed by atoms with Crippen molar-refractivity contribution in [2.24, 2.45) is 0 Å². The molecule has 25 heavy (non-hydrogen) atoms. The van der Waals surface area contributed by atoms with E-state index in [1.807, 2.05) is 36.1 Å². The highest BCUT2D eigenvalue weighted by atomic mass is 32.2. The average Bonchev–Trinajstić information content (AvgIpc) is 2.96. The highest BCUT2D eigenvalue weighted by Gasteiger charge is 2.31. The summed E-state index contributed by atoms with van der Waals surface area (Å²) in [5.74, 6) is -0.0308. The van der Waals surface area contributed by atoms with Crippen LogP contribution in [0.3, 0.4) is 0 Å². The van der Waals surface area contributed by atoms with Gasteiger partial charge in [-0.2, -0.15) is 0 Å². The molecule has 1 heterocycles. The number of benzene rings is 2. The molecule has 1 aliphatic heterocycles. The van der Waals surface area contributed by atoms with Crippen molar-refractivity contribution in [3.05, 3.63) is 59.7 Å². The number of nitrogens with zero attached hydrogens (tertiary/aromatic N) is 2. The minimum absolute atomic E-state index is 0.0340. The van der Waals surface area contributed by atoms with Crippen LogP contribution in [0.15, 0.2) is 48.5 Å². The molecule has 0 saturated carbocycles. The maximum Gasteiger partial charge on any atom is 0.258 e. The lowest BCUT2D eigenvalue weighted by Gasteiger charge is -2.23. The third-order valence-electron chi connectivity index (χ3n) is 4.69. The molecule has 3 rings (SSSR count). The Kier molecular flexibility index (Phi) is 4.56. The van der Waals surface area contributed by atoms with Gasteiger partial charge < -0.3 is 4.90 Å². The summed E-state index contributed by atoms with van der Waals surface area (Å²) in [6.45, 7) is 3.64. The molecule has 0 fully saturated rings. The lowest BCUT2D eigenvalue weighted by Crippen LogP contribution is -2.35. The third-order valence-corrected chi connectivity index (χ3v) is 6.46. The number of fused-ring (bicyclic) bond motifs is 1. The SMILES string of the molecule is CCS(=O)(=O)N(C)c1ccc(C(=O)N2c3ccccc3C[C@@H]2C)cc1. The van der Waals surface area contributed by atoms with E-state index < -0.39 is 10.0 Å². The van der Waals surface area contributed by atoms with Crippen molar-refractivity contribution in [1.29, 1.82) is 0 Å². The summed E-state index contributed by atoms with van der Waals surface area (Å²) < 4.78 is 25.2. The second kappa shape index (κ2) is 6.52. The molecule has 1 atom stereocenters. The number of carbonyl (C=O) groups is 1. The molecule has 1 amide bonds. The number of sulfonamides is 1. The van der Waals surface area contributed by atoms with Gasteiger partial charge in [0.05, 0.1) is 11.4 Å². The molecular weight excluding hydrogens is 336 g/mol. The zero-order chi connectivity index (χ0) is 18.2. The Labute approximate surface area is 148 Å². The van der Waals surface area contributed by atoms with Crippen LogP contribution in [0.5, 0.6) is 0 Å². The number of amides is 1. The largest absolute Gasteiger partial charge is 0.305 e. The first kappa shape index (κ1) is 17.5. The van der Waals surface area contributed by atoms with Gasteiger partial charge in [-0.15, -0.1) is 0 Å². The number of para-hydroxylation sites is 1. The minimum atomic E-state index is -3.31. The average molecular weight is 358 g/mol. The fourth-order valence-electron chi connectivity index (χ4n) is 3.18. The van der Waals surface area contributed by atoms with E-state index in [0.717, 1.165) is 12.1 Å². The van der Waals surface area contributed by atoms with Crippen LogP contribution in [0.4, 0.5) is 11.4 Å². The number of rotatable bonds is 4. The van der Waals surface area contributed by atoms with E-state index in [0.29, 0.717) is 11.3 Å². The van der Waals surface area contributed by atoms with Gasteiger partial charge >= 0.3 is 0 Å². The predicted octanol–water partition coefficient (Wildman–Crippen LogP) is 3.06. The van der Waals surface area contributed by atoms with E-state index >= 15 is 0 Å². The monoisotopic (exact) mass is 358 g/mol. The first-order chi connectivity index (χ1) is 11.8. The quantitative estimate of drug-likeness (QED) is 0.844. The van der Waals surface area contributed by atoms with Crippen molar-refractivity contribution < 1.29 is 13.2 Å². The molecule has 0 aromatic heterocycles. The predicted molar refractivity (Wildman–Crippen MR) is 101 cm³/mol. The molecule has 0 bridgehead atoms. The Hall–Kier alpha value is -2.34. The first-order valence-electron chi connectivity index (χ1n) is 8.33. The van der Waals surface area contributed by atoms with Crippen LogP contribution < -0.4 is 9.21 Å². The van der Waals surface area contributed by atoms with Crippen molar-refractivity contribution in [2.75, 3.05) is 22.0 Å². The molecule has 2 aromatic rings. The molecule has 0 spiro atoms. The van der Waals surface area contributed by atoms with Gasteiger partial charge in [-0.1, -0.05) is 18.2 Å². The topological polar surface area (TPSA) is 57.7 Å². The summed E-state index contributed by atoms with van der Waals surface area (Å²) in [6, 6.07) is 14.8. The Morgan fingerprint density at radius 1 is 1.16 bits per heavy atom. The van der Waals surface area contributed by atoms with Crippen LogP contribution in [0.25, 0.3) is 0 Å². The third kappa shape index (κ3) is 3.14. The van der Waals surface area contributed by atoms with E-state index in [-0.39, 0.29) is 17.7 Å². The maximum atomic E-state index is 12.9. The van der Waals surface area contributed by atoms with Crippen molar-refractivity contribution in [1.82, 2.24) is 0 Å². The highest BCUT2D eigenvalue weighted by Crippen LogP contribution is 2.33.